The summed E-state index contributed by atoms with van der Waals surface area (Å²) in [5, 5.41) is 5.83. The van der Waals surface area contributed by atoms with Gasteiger partial charge in [0.05, 0.1) is 12.3 Å². The molecule has 0 radical (unpaired) electrons. The maximum atomic E-state index is 11.8. The molecule has 0 saturated carbocycles. The van der Waals surface area contributed by atoms with Crippen molar-refractivity contribution in [3.63, 3.8) is 0 Å². The molecule has 1 heterocycles. The maximum absolute atomic E-state index is 11.8. The summed E-state index contributed by atoms with van der Waals surface area (Å²) in [7, 11) is 0. The second kappa shape index (κ2) is 6.56. The number of benzene rings is 1. The van der Waals surface area contributed by atoms with Crippen molar-refractivity contribution in [2.75, 3.05) is 11.6 Å². The van der Waals surface area contributed by atoms with Crippen LogP contribution in [0.15, 0.2) is 60.4 Å². The molecule has 1 atom stereocenters. The molecule has 20 heavy (non-hydrogen) atoms. The van der Waals surface area contributed by atoms with Crippen molar-refractivity contribution in [3.8, 4) is 0 Å². The number of nitrogens with two attached hydrogens (primary N) is 1. The van der Waals surface area contributed by atoms with Crippen molar-refractivity contribution in [2.24, 2.45) is 16.8 Å². The van der Waals surface area contributed by atoms with E-state index in [1.807, 2.05) is 30.3 Å². The van der Waals surface area contributed by atoms with E-state index in [-0.39, 0.29) is 5.84 Å². The van der Waals surface area contributed by atoms with Crippen molar-refractivity contribution in [3.05, 3.63) is 55.3 Å². The first-order chi connectivity index (χ1) is 9.72. The third-order valence-corrected chi connectivity index (χ3v) is 2.80. The van der Waals surface area contributed by atoms with Crippen molar-refractivity contribution >= 4 is 17.5 Å². The number of rotatable bonds is 5. The van der Waals surface area contributed by atoms with Crippen LogP contribution in [-0.4, -0.2) is 18.4 Å². The molecule has 1 unspecified atom stereocenters. The summed E-state index contributed by atoms with van der Waals surface area (Å²) < 4.78 is 5.09. The Morgan fingerprint density at radius 3 is 2.85 bits per heavy atom. The number of para-hydroxylation sites is 1. The van der Waals surface area contributed by atoms with Crippen LogP contribution in [0.1, 0.15) is 6.42 Å². The molecule has 104 valence electrons. The van der Waals surface area contributed by atoms with Gasteiger partial charge in [0, 0.05) is 6.20 Å². The van der Waals surface area contributed by atoms with Gasteiger partial charge < -0.3 is 10.5 Å². The van der Waals surface area contributed by atoms with Crippen molar-refractivity contribution in [1.29, 1.82) is 0 Å². The van der Waals surface area contributed by atoms with E-state index in [9.17, 15) is 4.79 Å². The van der Waals surface area contributed by atoms with E-state index < -0.39 is 11.9 Å². The zero-order valence-corrected chi connectivity index (χ0v) is 11.1. The Balaban J connectivity index is 2.02. The average Bonchev–Trinajstić information content (AvgIpc) is 2.48. The Labute approximate surface area is 118 Å². The van der Waals surface area contributed by atoms with E-state index in [4.69, 9.17) is 10.5 Å². The van der Waals surface area contributed by atoms with Crippen LogP contribution < -0.4 is 10.7 Å². The van der Waals surface area contributed by atoms with Crippen molar-refractivity contribution in [1.82, 2.24) is 0 Å². The molecule has 0 aromatic heterocycles. The molecule has 5 nitrogen and oxygen atoms in total. The van der Waals surface area contributed by atoms with Crippen LogP contribution in [0.3, 0.4) is 0 Å². The highest BCUT2D eigenvalue weighted by atomic mass is 16.5. The number of nitrogens with zero attached hydrogens (tertiary/aromatic N) is 2. The minimum absolute atomic E-state index is 0.222. The van der Waals surface area contributed by atoms with Gasteiger partial charge in [-0.1, -0.05) is 24.3 Å². The molecule has 2 N–H and O–H groups in total. The Morgan fingerprint density at radius 1 is 1.45 bits per heavy atom. The highest BCUT2D eigenvalue weighted by Gasteiger charge is 2.25. The second-order valence-electron chi connectivity index (χ2n) is 4.27. The lowest BCUT2D eigenvalue weighted by molar-refractivity contribution is -0.144. The standard InChI is InChI=1S/C15H17N3O2/c1-2-3-11-20-15(19)13-9-10-18(17-14(13)16)12-7-5-4-6-8-12/h2,4-10,13H,1,3,11H2,(H2,16,17). The van der Waals surface area contributed by atoms with Gasteiger partial charge in [-0.2, -0.15) is 5.10 Å². The van der Waals surface area contributed by atoms with Crippen LogP contribution in [0.4, 0.5) is 5.69 Å². The third-order valence-electron chi connectivity index (χ3n) is 2.80. The maximum Gasteiger partial charge on any atom is 0.320 e. The zero-order chi connectivity index (χ0) is 14.4. The molecule has 0 saturated heterocycles. The van der Waals surface area contributed by atoms with Crippen LogP contribution in [0, 0.1) is 5.92 Å². The topological polar surface area (TPSA) is 67.9 Å². The SMILES string of the molecule is C=CCCOC(=O)C1C=CN(c2ccccc2)N=C1N. The molecule has 1 aromatic carbocycles. The van der Waals surface area contributed by atoms with Crippen LogP contribution in [0.2, 0.25) is 0 Å². The molecule has 0 fully saturated rings. The van der Waals surface area contributed by atoms with Crippen LogP contribution in [0.25, 0.3) is 0 Å². The molecule has 5 heteroatoms. The molecule has 2 rings (SSSR count). The molecule has 0 amide bonds. The first-order valence-corrected chi connectivity index (χ1v) is 6.36. The Hall–Kier alpha value is -2.56. The molecular formula is C15H17N3O2. The normalized spacial score (nSPS) is 17.5. The first kappa shape index (κ1) is 13.9. The van der Waals surface area contributed by atoms with Gasteiger partial charge >= 0.3 is 5.97 Å². The van der Waals surface area contributed by atoms with Crippen molar-refractivity contribution < 1.29 is 9.53 Å². The molecule has 0 spiro atoms. The van der Waals surface area contributed by atoms with Gasteiger partial charge in [-0.3, -0.25) is 4.79 Å². The molecule has 0 bridgehead atoms. The minimum Gasteiger partial charge on any atom is -0.465 e. The number of hydrogen-bond acceptors (Lipinski definition) is 5. The Bertz CT molecular complexity index is 537. The average molecular weight is 271 g/mol. The van der Waals surface area contributed by atoms with Crippen LogP contribution in [0.5, 0.6) is 0 Å². The monoisotopic (exact) mass is 271 g/mol. The summed E-state index contributed by atoms with van der Waals surface area (Å²) in [6.07, 6.45) is 5.71. The highest BCUT2D eigenvalue weighted by molar-refractivity contribution is 6.03. The summed E-state index contributed by atoms with van der Waals surface area (Å²) >= 11 is 0. The predicted molar refractivity (Wildman–Crippen MR) is 78.9 cm³/mol. The van der Waals surface area contributed by atoms with Gasteiger partial charge in [-0.25, -0.2) is 5.01 Å². The summed E-state index contributed by atoms with van der Waals surface area (Å²) in [5.74, 6) is -0.795. The predicted octanol–water partition coefficient (Wildman–Crippen LogP) is 2.03. The van der Waals surface area contributed by atoms with Crippen LogP contribution in [-0.2, 0) is 9.53 Å². The van der Waals surface area contributed by atoms with E-state index >= 15 is 0 Å². The number of hydrogen-bond donors (Lipinski definition) is 1. The first-order valence-electron chi connectivity index (χ1n) is 6.36. The lowest BCUT2D eigenvalue weighted by Gasteiger charge is -2.22. The number of carbonyl (C=O) groups is 1. The molecule has 1 aliphatic rings. The fourth-order valence-corrected chi connectivity index (χ4v) is 1.74. The lowest BCUT2D eigenvalue weighted by Crippen LogP contribution is -2.35. The van der Waals surface area contributed by atoms with Crippen molar-refractivity contribution in [2.45, 2.75) is 6.42 Å². The fraction of sp³-hybridized carbons (Fsp3) is 0.200. The largest absolute Gasteiger partial charge is 0.465 e. The fourth-order valence-electron chi connectivity index (χ4n) is 1.74. The summed E-state index contributed by atoms with van der Waals surface area (Å²) in [6, 6.07) is 9.55. The van der Waals surface area contributed by atoms with E-state index in [2.05, 4.69) is 11.7 Å². The lowest BCUT2D eigenvalue weighted by atomic mass is 10.1. The highest BCUT2D eigenvalue weighted by Crippen LogP contribution is 2.19. The Morgan fingerprint density at radius 2 is 2.20 bits per heavy atom. The molecule has 1 aromatic rings. The number of amidine groups is 1. The van der Waals surface area contributed by atoms with E-state index in [0.717, 1.165) is 5.69 Å². The van der Waals surface area contributed by atoms with Gasteiger partial charge in [-0.05, 0) is 24.6 Å². The van der Waals surface area contributed by atoms with Gasteiger partial charge in [0.25, 0.3) is 0 Å². The number of esters is 1. The Kier molecular flexibility index (Phi) is 4.55. The minimum atomic E-state index is -0.625. The van der Waals surface area contributed by atoms with E-state index in [1.165, 1.54) is 0 Å². The van der Waals surface area contributed by atoms with Gasteiger partial charge in [0.1, 0.15) is 11.8 Å². The van der Waals surface area contributed by atoms with Gasteiger partial charge in [-0.15, -0.1) is 6.58 Å². The number of anilines is 1. The summed E-state index contributed by atoms with van der Waals surface area (Å²) in [4.78, 5) is 11.8. The third kappa shape index (κ3) is 3.26. The molecular weight excluding hydrogens is 254 g/mol. The van der Waals surface area contributed by atoms with E-state index in [1.54, 1.807) is 23.4 Å². The summed E-state index contributed by atoms with van der Waals surface area (Å²) in [6.45, 7) is 3.88. The number of ether oxygens (including phenoxy) is 1. The number of carbonyl (C=O) groups excluding carboxylic acids is 1. The molecule has 0 aliphatic carbocycles. The van der Waals surface area contributed by atoms with Crippen LogP contribution >= 0.6 is 0 Å². The second-order valence-corrected chi connectivity index (χ2v) is 4.27. The number of hydrazone groups is 1. The van der Waals surface area contributed by atoms with Gasteiger partial charge in [0.2, 0.25) is 0 Å². The van der Waals surface area contributed by atoms with Gasteiger partial charge in [0.15, 0.2) is 0 Å². The summed E-state index contributed by atoms with van der Waals surface area (Å²) in [5.41, 5.74) is 6.73. The smallest absolute Gasteiger partial charge is 0.320 e. The quantitative estimate of drug-likeness (QED) is 0.505. The van der Waals surface area contributed by atoms with E-state index in [0.29, 0.717) is 13.0 Å². The zero-order valence-electron chi connectivity index (χ0n) is 11.1. The molecule has 1 aliphatic heterocycles.